The number of hydrogen-bond acceptors (Lipinski definition) is 5. The summed E-state index contributed by atoms with van der Waals surface area (Å²) in [5.74, 6) is 0.252. The molecule has 144 valence electrons. The number of hydrogen-bond donors (Lipinski definition) is 1. The van der Waals surface area contributed by atoms with E-state index < -0.39 is 6.10 Å². The quantitative estimate of drug-likeness (QED) is 0.876. The van der Waals surface area contributed by atoms with Gasteiger partial charge in [0.2, 0.25) is 0 Å². The molecule has 1 unspecified atom stereocenters. The summed E-state index contributed by atoms with van der Waals surface area (Å²) < 4.78 is 19.4. The molecule has 1 spiro atoms. The number of aliphatic hydroxyl groups excluding tert-OH is 1. The standard InChI is InChI=1S/C20H24FN3O3/c1-14-16(3-9-27-14)19(26)23-7-4-20(5-8-23)10-15(25)12-24(13-20)18-2-6-22-11-17(18)21/h2-3,6,9,11,15,25H,4-5,7-8,10,12-13H2,1H3. The number of amides is 1. The molecule has 0 radical (unpaired) electrons. The van der Waals surface area contributed by atoms with Crippen LogP contribution in [0.15, 0.2) is 35.2 Å². The minimum Gasteiger partial charge on any atom is -0.469 e. The van der Waals surface area contributed by atoms with E-state index in [0.717, 1.165) is 12.8 Å². The van der Waals surface area contributed by atoms with Crippen molar-refractivity contribution in [2.45, 2.75) is 32.3 Å². The van der Waals surface area contributed by atoms with Gasteiger partial charge in [-0.2, -0.15) is 0 Å². The number of aromatic nitrogens is 1. The zero-order chi connectivity index (χ0) is 19.0. The molecule has 1 atom stereocenters. The van der Waals surface area contributed by atoms with Gasteiger partial charge in [0.25, 0.3) is 5.91 Å². The van der Waals surface area contributed by atoms with Crippen molar-refractivity contribution in [3.8, 4) is 0 Å². The molecule has 2 aliphatic heterocycles. The highest BCUT2D eigenvalue weighted by molar-refractivity contribution is 5.95. The Morgan fingerprint density at radius 3 is 2.81 bits per heavy atom. The van der Waals surface area contributed by atoms with Gasteiger partial charge in [-0.1, -0.05) is 0 Å². The van der Waals surface area contributed by atoms with Crippen LogP contribution in [0.5, 0.6) is 0 Å². The van der Waals surface area contributed by atoms with E-state index in [-0.39, 0.29) is 17.1 Å². The highest BCUT2D eigenvalue weighted by Gasteiger charge is 2.43. The lowest BCUT2D eigenvalue weighted by molar-refractivity contribution is 0.0246. The molecule has 4 heterocycles. The van der Waals surface area contributed by atoms with Crippen LogP contribution in [0.2, 0.25) is 0 Å². The molecule has 4 rings (SSSR count). The Morgan fingerprint density at radius 1 is 1.37 bits per heavy atom. The molecule has 1 N–H and O–H groups in total. The third-order valence-corrected chi connectivity index (χ3v) is 5.92. The number of rotatable bonds is 2. The number of halogens is 1. The van der Waals surface area contributed by atoms with Crippen molar-refractivity contribution in [1.82, 2.24) is 9.88 Å². The average Bonchev–Trinajstić information content (AvgIpc) is 3.07. The number of nitrogens with zero attached hydrogens (tertiary/aromatic N) is 3. The molecule has 6 nitrogen and oxygen atoms in total. The number of anilines is 1. The lowest BCUT2D eigenvalue weighted by atomic mass is 9.71. The first-order chi connectivity index (χ1) is 13.0. The lowest BCUT2D eigenvalue weighted by Crippen LogP contribution is -2.54. The summed E-state index contributed by atoms with van der Waals surface area (Å²) in [5.41, 5.74) is 0.973. The summed E-state index contributed by atoms with van der Waals surface area (Å²) in [4.78, 5) is 20.3. The highest BCUT2D eigenvalue weighted by atomic mass is 19.1. The van der Waals surface area contributed by atoms with Gasteiger partial charge in [0, 0.05) is 32.4 Å². The van der Waals surface area contributed by atoms with Crippen LogP contribution in [0, 0.1) is 18.2 Å². The van der Waals surface area contributed by atoms with Crippen LogP contribution in [-0.4, -0.2) is 53.2 Å². The van der Waals surface area contributed by atoms with E-state index >= 15 is 0 Å². The molecule has 2 saturated heterocycles. The van der Waals surface area contributed by atoms with E-state index in [1.54, 1.807) is 25.3 Å². The van der Waals surface area contributed by atoms with E-state index in [2.05, 4.69) is 4.98 Å². The zero-order valence-corrected chi connectivity index (χ0v) is 15.4. The van der Waals surface area contributed by atoms with E-state index in [4.69, 9.17) is 4.42 Å². The summed E-state index contributed by atoms with van der Waals surface area (Å²) in [5, 5.41) is 10.4. The molecule has 27 heavy (non-hydrogen) atoms. The zero-order valence-electron chi connectivity index (χ0n) is 15.4. The van der Waals surface area contributed by atoms with Gasteiger partial charge in [0.1, 0.15) is 5.76 Å². The monoisotopic (exact) mass is 373 g/mol. The molecule has 0 bridgehead atoms. The number of aryl methyl sites for hydroxylation is 1. The number of β-amino-alcohol motifs (C(OH)–C–C–N with tert-alkyl or cyclic N) is 1. The molecule has 0 aromatic carbocycles. The van der Waals surface area contributed by atoms with E-state index in [0.29, 0.717) is 49.6 Å². The third kappa shape index (κ3) is 3.43. The number of carbonyl (C=O) groups is 1. The predicted octanol–water partition coefficient (Wildman–Crippen LogP) is 2.62. The summed E-state index contributed by atoms with van der Waals surface area (Å²) in [6.07, 6.45) is 6.06. The molecular weight excluding hydrogens is 349 g/mol. The first-order valence-electron chi connectivity index (χ1n) is 9.33. The average molecular weight is 373 g/mol. The Morgan fingerprint density at radius 2 is 2.15 bits per heavy atom. The fraction of sp³-hybridized carbons (Fsp3) is 0.500. The van der Waals surface area contributed by atoms with Crippen molar-refractivity contribution in [2.75, 3.05) is 31.1 Å². The minimum atomic E-state index is -0.510. The van der Waals surface area contributed by atoms with Gasteiger partial charge < -0.3 is 19.3 Å². The topological polar surface area (TPSA) is 69.8 Å². The van der Waals surface area contributed by atoms with Crippen molar-refractivity contribution in [2.24, 2.45) is 5.41 Å². The Kier molecular flexibility index (Phi) is 4.63. The number of piperidine rings is 2. The Hall–Kier alpha value is -2.41. The maximum absolute atomic E-state index is 14.2. The van der Waals surface area contributed by atoms with Crippen molar-refractivity contribution < 1.29 is 18.7 Å². The van der Waals surface area contributed by atoms with Crippen LogP contribution in [-0.2, 0) is 0 Å². The summed E-state index contributed by atoms with van der Waals surface area (Å²) in [6, 6.07) is 3.36. The SMILES string of the molecule is Cc1occc1C(=O)N1CCC2(CC1)CC(O)CN(c1ccncc1F)C2. The van der Waals surface area contributed by atoms with E-state index in [1.165, 1.54) is 12.5 Å². The summed E-state index contributed by atoms with van der Waals surface area (Å²) in [7, 11) is 0. The number of furan rings is 1. The second kappa shape index (κ2) is 6.96. The van der Waals surface area contributed by atoms with Crippen molar-refractivity contribution in [1.29, 1.82) is 0 Å². The van der Waals surface area contributed by atoms with Crippen LogP contribution in [0.1, 0.15) is 35.4 Å². The summed E-state index contributed by atoms with van der Waals surface area (Å²) in [6.45, 7) is 4.14. The molecule has 1 amide bonds. The molecule has 2 aromatic rings. The molecule has 2 aromatic heterocycles. The maximum Gasteiger partial charge on any atom is 0.257 e. The Labute approximate surface area is 157 Å². The van der Waals surface area contributed by atoms with Crippen molar-refractivity contribution >= 4 is 11.6 Å². The van der Waals surface area contributed by atoms with Gasteiger partial charge in [0.05, 0.1) is 29.8 Å². The fourth-order valence-corrected chi connectivity index (χ4v) is 4.48. The Balaban J connectivity index is 1.47. The summed E-state index contributed by atoms with van der Waals surface area (Å²) >= 11 is 0. The maximum atomic E-state index is 14.2. The van der Waals surface area contributed by atoms with Crippen LogP contribution in [0.25, 0.3) is 0 Å². The van der Waals surface area contributed by atoms with Crippen LogP contribution < -0.4 is 4.90 Å². The van der Waals surface area contributed by atoms with Gasteiger partial charge >= 0.3 is 0 Å². The van der Waals surface area contributed by atoms with Crippen molar-refractivity contribution in [3.63, 3.8) is 0 Å². The van der Waals surface area contributed by atoms with E-state index in [9.17, 15) is 14.3 Å². The number of aliphatic hydroxyl groups is 1. The second-order valence-corrected chi connectivity index (χ2v) is 7.75. The number of likely N-dealkylation sites (tertiary alicyclic amines) is 1. The van der Waals surface area contributed by atoms with Gasteiger partial charge in [-0.05, 0) is 43.7 Å². The van der Waals surface area contributed by atoms with Gasteiger partial charge in [-0.25, -0.2) is 4.39 Å². The molecule has 0 aliphatic carbocycles. The van der Waals surface area contributed by atoms with E-state index in [1.807, 2.05) is 9.80 Å². The number of pyridine rings is 1. The second-order valence-electron chi connectivity index (χ2n) is 7.75. The van der Waals surface area contributed by atoms with Gasteiger partial charge in [-0.15, -0.1) is 0 Å². The molecular formula is C20H24FN3O3. The third-order valence-electron chi connectivity index (χ3n) is 5.92. The predicted molar refractivity (Wildman–Crippen MR) is 98.0 cm³/mol. The van der Waals surface area contributed by atoms with Crippen LogP contribution >= 0.6 is 0 Å². The first-order valence-corrected chi connectivity index (χ1v) is 9.33. The smallest absolute Gasteiger partial charge is 0.257 e. The van der Waals surface area contributed by atoms with Crippen LogP contribution in [0.4, 0.5) is 10.1 Å². The largest absolute Gasteiger partial charge is 0.469 e. The first kappa shape index (κ1) is 18.0. The van der Waals surface area contributed by atoms with Gasteiger partial charge in [-0.3, -0.25) is 9.78 Å². The number of carbonyl (C=O) groups excluding carboxylic acids is 1. The molecule has 7 heteroatoms. The van der Waals surface area contributed by atoms with Crippen molar-refractivity contribution in [3.05, 3.63) is 47.9 Å². The lowest BCUT2D eigenvalue weighted by Gasteiger charge is -2.49. The molecule has 2 aliphatic rings. The minimum absolute atomic E-state index is 0.00973. The van der Waals surface area contributed by atoms with Gasteiger partial charge in [0.15, 0.2) is 5.82 Å². The molecule has 2 fully saturated rings. The highest BCUT2D eigenvalue weighted by Crippen LogP contribution is 2.41. The fourth-order valence-electron chi connectivity index (χ4n) is 4.48. The Bertz CT molecular complexity index is 829. The normalized spacial score (nSPS) is 22.3. The van der Waals surface area contributed by atoms with Crippen LogP contribution in [0.3, 0.4) is 0 Å². The molecule has 0 saturated carbocycles.